The van der Waals surface area contributed by atoms with Crippen molar-refractivity contribution in [1.29, 1.82) is 0 Å². The number of aliphatic imine (C=N–C) groups is 1. The van der Waals surface area contributed by atoms with E-state index in [4.69, 9.17) is 4.74 Å². The van der Waals surface area contributed by atoms with Crippen molar-refractivity contribution in [3.05, 3.63) is 35.9 Å². The molecule has 0 aromatic heterocycles. The summed E-state index contributed by atoms with van der Waals surface area (Å²) in [6, 6.07) is 11.0. The highest BCUT2D eigenvalue weighted by Gasteiger charge is 2.22. The number of carbonyl (C=O) groups is 1. The lowest BCUT2D eigenvalue weighted by molar-refractivity contribution is 0.0264. The number of hydrogen-bond acceptors (Lipinski definition) is 4. The van der Waals surface area contributed by atoms with E-state index in [0.717, 1.165) is 38.4 Å². The first-order valence-corrected chi connectivity index (χ1v) is 11.0. The largest absolute Gasteiger partial charge is 0.444 e. The van der Waals surface area contributed by atoms with Crippen molar-refractivity contribution >= 4 is 36.0 Å². The van der Waals surface area contributed by atoms with Crippen LogP contribution in [0.3, 0.4) is 0 Å². The topological polar surface area (TPSA) is 69.2 Å². The number of carbonyl (C=O) groups excluding carboxylic acids is 1. The van der Waals surface area contributed by atoms with Gasteiger partial charge >= 0.3 is 6.09 Å². The maximum atomic E-state index is 12.2. The van der Waals surface area contributed by atoms with Gasteiger partial charge in [-0.15, -0.1) is 24.0 Å². The normalized spacial score (nSPS) is 15.7. The monoisotopic (exact) mass is 545 g/mol. The number of halogens is 1. The molecule has 0 bridgehead atoms. The van der Waals surface area contributed by atoms with Crippen LogP contribution in [0.15, 0.2) is 35.3 Å². The number of piperidine rings is 1. The fourth-order valence-corrected chi connectivity index (χ4v) is 3.48. The molecule has 1 fully saturated rings. The summed E-state index contributed by atoms with van der Waals surface area (Å²) in [5, 5.41) is 6.85. The molecule has 1 heterocycles. The Labute approximate surface area is 205 Å². The Hall–Kier alpha value is -1.55. The molecule has 0 unspecified atom stereocenters. The molecule has 2 N–H and O–H groups in total. The van der Waals surface area contributed by atoms with Gasteiger partial charge in [0.2, 0.25) is 0 Å². The number of amides is 1. The zero-order valence-electron chi connectivity index (χ0n) is 19.7. The standard InChI is InChI=1S/C23H39N5O2.HI/c1-6-28(22(29)30-23(2,3)4)17-14-25-21(24-5)26-20-12-15-27(16-13-20)18-19-10-8-7-9-11-19;/h7-11,20H,6,12-18H2,1-5H3,(H2,24,25,26);1H. The smallest absolute Gasteiger partial charge is 0.410 e. The quantitative estimate of drug-likeness (QED) is 0.311. The molecule has 1 amide bonds. The summed E-state index contributed by atoms with van der Waals surface area (Å²) in [5.74, 6) is 0.789. The minimum absolute atomic E-state index is 0. The Bertz CT molecular complexity index is 670. The van der Waals surface area contributed by atoms with Crippen molar-refractivity contribution in [2.75, 3.05) is 39.8 Å². The van der Waals surface area contributed by atoms with Crippen molar-refractivity contribution < 1.29 is 9.53 Å². The Morgan fingerprint density at radius 1 is 1.23 bits per heavy atom. The van der Waals surface area contributed by atoms with E-state index in [1.165, 1.54) is 5.56 Å². The third-order valence-electron chi connectivity index (χ3n) is 5.11. The number of ether oxygens (including phenoxy) is 1. The zero-order chi connectivity index (χ0) is 22.0. The summed E-state index contributed by atoms with van der Waals surface area (Å²) < 4.78 is 5.46. The molecule has 0 aliphatic carbocycles. The lowest BCUT2D eigenvalue weighted by Gasteiger charge is -2.33. The number of likely N-dealkylation sites (tertiary alicyclic amines) is 1. The van der Waals surface area contributed by atoms with Crippen LogP contribution in [0.2, 0.25) is 0 Å². The van der Waals surface area contributed by atoms with Crippen LogP contribution in [0.5, 0.6) is 0 Å². The fraction of sp³-hybridized carbons (Fsp3) is 0.652. The van der Waals surface area contributed by atoms with Gasteiger partial charge in [-0.3, -0.25) is 9.89 Å². The van der Waals surface area contributed by atoms with Crippen molar-refractivity contribution in [2.24, 2.45) is 4.99 Å². The van der Waals surface area contributed by atoms with Crippen molar-refractivity contribution in [3.63, 3.8) is 0 Å². The van der Waals surface area contributed by atoms with Gasteiger partial charge in [-0.25, -0.2) is 4.79 Å². The van der Waals surface area contributed by atoms with Gasteiger partial charge in [0, 0.05) is 52.4 Å². The van der Waals surface area contributed by atoms with Crippen molar-refractivity contribution in [2.45, 2.75) is 58.7 Å². The average molecular weight is 546 g/mol. The van der Waals surface area contributed by atoms with Gasteiger partial charge in [-0.2, -0.15) is 0 Å². The van der Waals surface area contributed by atoms with Crippen LogP contribution in [0.4, 0.5) is 4.79 Å². The second-order valence-corrected chi connectivity index (χ2v) is 8.74. The summed E-state index contributed by atoms with van der Waals surface area (Å²) in [6.07, 6.45) is 1.90. The van der Waals surface area contributed by atoms with Crippen LogP contribution < -0.4 is 10.6 Å². The van der Waals surface area contributed by atoms with Crippen LogP contribution in [-0.2, 0) is 11.3 Å². The van der Waals surface area contributed by atoms with E-state index < -0.39 is 5.60 Å². The van der Waals surface area contributed by atoms with Gasteiger partial charge in [-0.1, -0.05) is 30.3 Å². The minimum Gasteiger partial charge on any atom is -0.444 e. The maximum absolute atomic E-state index is 12.2. The molecule has 7 nitrogen and oxygen atoms in total. The molecule has 176 valence electrons. The zero-order valence-corrected chi connectivity index (χ0v) is 22.0. The van der Waals surface area contributed by atoms with Crippen LogP contribution in [0.25, 0.3) is 0 Å². The third-order valence-corrected chi connectivity index (χ3v) is 5.11. The van der Waals surface area contributed by atoms with Crippen LogP contribution in [-0.4, -0.2) is 73.3 Å². The first kappa shape index (κ1) is 27.5. The fourth-order valence-electron chi connectivity index (χ4n) is 3.48. The van der Waals surface area contributed by atoms with Gasteiger partial charge in [-0.05, 0) is 46.1 Å². The van der Waals surface area contributed by atoms with Crippen LogP contribution in [0, 0.1) is 0 Å². The molecule has 0 atom stereocenters. The maximum Gasteiger partial charge on any atom is 0.410 e. The molecule has 8 heteroatoms. The summed E-state index contributed by atoms with van der Waals surface area (Å²) in [5.41, 5.74) is 0.886. The number of nitrogens with zero attached hydrogens (tertiary/aromatic N) is 3. The highest BCUT2D eigenvalue weighted by atomic mass is 127. The van der Waals surface area contributed by atoms with E-state index in [1.807, 2.05) is 27.7 Å². The minimum atomic E-state index is -0.481. The van der Waals surface area contributed by atoms with Gasteiger partial charge in [0.05, 0.1) is 0 Å². The molecule has 0 saturated carbocycles. The number of likely N-dealkylation sites (N-methyl/N-ethyl adjacent to an activating group) is 1. The third kappa shape index (κ3) is 10.5. The molecule has 1 saturated heterocycles. The highest BCUT2D eigenvalue weighted by molar-refractivity contribution is 14.0. The Morgan fingerprint density at radius 2 is 1.87 bits per heavy atom. The summed E-state index contributed by atoms with van der Waals surface area (Å²) in [7, 11) is 1.78. The lowest BCUT2D eigenvalue weighted by atomic mass is 10.0. The van der Waals surface area contributed by atoms with E-state index in [-0.39, 0.29) is 30.1 Å². The molecule has 2 rings (SSSR count). The second-order valence-electron chi connectivity index (χ2n) is 8.74. The van der Waals surface area contributed by atoms with E-state index in [9.17, 15) is 4.79 Å². The molecule has 1 aromatic carbocycles. The number of guanidine groups is 1. The molecular weight excluding hydrogens is 505 g/mol. The molecule has 0 spiro atoms. The highest BCUT2D eigenvalue weighted by Crippen LogP contribution is 2.14. The Morgan fingerprint density at radius 3 is 2.42 bits per heavy atom. The Balaban J connectivity index is 0.00000480. The van der Waals surface area contributed by atoms with Gasteiger partial charge in [0.15, 0.2) is 5.96 Å². The van der Waals surface area contributed by atoms with E-state index in [0.29, 0.717) is 25.7 Å². The molecule has 1 aliphatic heterocycles. The predicted molar refractivity (Wildman–Crippen MR) is 138 cm³/mol. The van der Waals surface area contributed by atoms with Gasteiger partial charge < -0.3 is 20.3 Å². The van der Waals surface area contributed by atoms with E-state index >= 15 is 0 Å². The molecule has 1 aromatic rings. The molecule has 31 heavy (non-hydrogen) atoms. The van der Waals surface area contributed by atoms with Gasteiger partial charge in [0.25, 0.3) is 0 Å². The number of nitrogens with one attached hydrogen (secondary N) is 2. The average Bonchev–Trinajstić information content (AvgIpc) is 2.71. The van der Waals surface area contributed by atoms with Crippen LogP contribution in [0.1, 0.15) is 46.1 Å². The summed E-state index contributed by atoms with van der Waals surface area (Å²) >= 11 is 0. The molecule has 1 aliphatic rings. The number of rotatable bonds is 7. The second kappa shape index (κ2) is 13.8. The number of hydrogen-bond donors (Lipinski definition) is 2. The Kier molecular flexibility index (Phi) is 12.2. The molecular formula is C23H40IN5O2. The van der Waals surface area contributed by atoms with Crippen molar-refractivity contribution in [3.8, 4) is 0 Å². The SMILES string of the molecule is CCN(CCNC(=NC)NC1CCN(Cc2ccccc2)CC1)C(=O)OC(C)(C)C.I. The van der Waals surface area contributed by atoms with Crippen molar-refractivity contribution in [1.82, 2.24) is 20.4 Å². The lowest BCUT2D eigenvalue weighted by Crippen LogP contribution is -2.50. The molecule has 0 radical (unpaired) electrons. The summed E-state index contributed by atoms with van der Waals surface area (Å²) in [4.78, 5) is 20.8. The van der Waals surface area contributed by atoms with E-state index in [1.54, 1.807) is 11.9 Å². The van der Waals surface area contributed by atoms with Gasteiger partial charge in [0.1, 0.15) is 5.60 Å². The first-order chi connectivity index (χ1) is 14.3. The van der Waals surface area contributed by atoms with E-state index in [2.05, 4.69) is 50.9 Å². The van der Waals surface area contributed by atoms with Crippen LogP contribution >= 0.6 is 24.0 Å². The predicted octanol–water partition coefficient (Wildman–Crippen LogP) is 3.69. The first-order valence-electron chi connectivity index (χ1n) is 11.0. The number of benzene rings is 1. The summed E-state index contributed by atoms with van der Waals surface area (Å²) in [6.45, 7) is 12.6.